The van der Waals surface area contributed by atoms with Crippen molar-refractivity contribution in [3.05, 3.63) is 70.7 Å². The summed E-state index contributed by atoms with van der Waals surface area (Å²) in [5.74, 6) is 6.04. The molecule has 0 aliphatic rings. The molecular weight excluding hydrogens is 591 g/mol. The molecule has 0 aliphatic heterocycles. The maximum Gasteiger partial charge on any atom is 0.277 e. The summed E-state index contributed by atoms with van der Waals surface area (Å²) in [4.78, 5) is 22.9. The number of halogens is 2. The molecule has 0 fully saturated rings. The number of fused-ring (bicyclic) bond motifs is 1. The minimum atomic E-state index is -0.773. The molecule has 11 heteroatoms. The zero-order chi connectivity index (χ0) is 30.9. The molecule has 1 atom stereocenters. The molecule has 8 nitrogen and oxygen atoms in total. The number of ether oxygens (including phenoxy) is 1. The number of benzene rings is 3. The fourth-order valence-corrected chi connectivity index (χ4v) is 5.37. The summed E-state index contributed by atoms with van der Waals surface area (Å²) >= 11 is 13.0. The van der Waals surface area contributed by atoms with Crippen molar-refractivity contribution in [1.82, 2.24) is 19.8 Å². The van der Waals surface area contributed by atoms with Crippen molar-refractivity contribution in [2.24, 2.45) is 0 Å². The summed E-state index contributed by atoms with van der Waals surface area (Å²) in [5.41, 5.74) is 2.80. The van der Waals surface area contributed by atoms with Crippen LogP contribution in [0.15, 0.2) is 65.6 Å². The van der Waals surface area contributed by atoms with Crippen molar-refractivity contribution >= 4 is 79.7 Å². The number of amides is 1. The van der Waals surface area contributed by atoms with Crippen LogP contribution in [-0.4, -0.2) is 56.5 Å². The van der Waals surface area contributed by atoms with Gasteiger partial charge in [0.2, 0.25) is 11.7 Å². The fraction of sp³-hybridized carbons (Fsp3) is 0.290. The van der Waals surface area contributed by atoms with E-state index in [1.54, 1.807) is 26.3 Å². The van der Waals surface area contributed by atoms with E-state index in [0.29, 0.717) is 33.1 Å². The highest BCUT2D eigenvalue weighted by Crippen LogP contribution is 2.42. The van der Waals surface area contributed by atoms with Gasteiger partial charge in [-0.3, -0.25) is 4.79 Å². The Bertz CT molecular complexity index is 1560. The highest BCUT2D eigenvalue weighted by Gasteiger charge is 2.32. The van der Waals surface area contributed by atoms with E-state index in [-0.39, 0.29) is 16.9 Å². The quantitative estimate of drug-likeness (QED) is 0.122. The molecule has 0 radical (unpaired) electrons. The minimum absolute atomic E-state index is 0.171. The summed E-state index contributed by atoms with van der Waals surface area (Å²) in [6.07, 6.45) is 2.64. The fourth-order valence-electron chi connectivity index (χ4n) is 3.89. The Morgan fingerprint density at radius 3 is 2.24 bits per heavy atom. The molecule has 0 saturated heterocycles. The summed E-state index contributed by atoms with van der Waals surface area (Å²) in [6.45, 7) is 4.53. The normalized spacial score (nSPS) is 11.8. The van der Waals surface area contributed by atoms with Crippen LogP contribution in [0.5, 0.6) is 5.75 Å². The van der Waals surface area contributed by atoms with Crippen LogP contribution in [0.1, 0.15) is 26.7 Å². The number of aromatic nitrogens is 2. The van der Waals surface area contributed by atoms with E-state index < -0.39 is 10.7 Å². The summed E-state index contributed by atoms with van der Waals surface area (Å²) in [7, 11) is 6.53. The molecule has 1 heterocycles. The van der Waals surface area contributed by atoms with Gasteiger partial charge in [-0.2, -0.15) is 4.98 Å². The Labute approximate surface area is 261 Å². The molecular formula is C31H39Cl2N6O2S+. The maximum atomic E-state index is 12.1. The number of methoxy groups -OCH3 is 1. The highest BCUT2D eigenvalue weighted by atomic mass is 35.5. The van der Waals surface area contributed by atoms with E-state index in [9.17, 15) is 4.79 Å². The number of rotatable bonds is 10. The van der Waals surface area contributed by atoms with Gasteiger partial charge < -0.3 is 20.1 Å². The SMILES string of the molecule is C=S(Nc1nc2ccccc2nc1[N+](C)(C)c1cc(OC)ccc1Cl)c1ccc(Cl)c(NC(=O)CNC)c1.CCCC. The number of hydrogen-bond donors (Lipinski definition) is 3. The Hall–Kier alpha value is -3.21. The van der Waals surface area contributed by atoms with Crippen LogP contribution in [0.25, 0.3) is 11.0 Å². The third kappa shape index (κ3) is 8.20. The second-order valence-corrected chi connectivity index (χ2v) is 12.1. The monoisotopic (exact) mass is 629 g/mol. The van der Waals surface area contributed by atoms with Crippen molar-refractivity contribution < 1.29 is 9.53 Å². The maximum absolute atomic E-state index is 12.1. The molecule has 1 aromatic heterocycles. The predicted octanol–water partition coefficient (Wildman–Crippen LogP) is 7.90. The topological polar surface area (TPSA) is 88.2 Å². The molecule has 1 amide bonds. The lowest BCUT2D eigenvalue weighted by molar-refractivity contribution is -0.115. The molecule has 42 heavy (non-hydrogen) atoms. The first-order valence-electron chi connectivity index (χ1n) is 13.6. The molecule has 0 bridgehead atoms. The largest absolute Gasteiger partial charge is 0.497 e. The highest BCUT2D eigenvalue weighted by molar-refractivity contribution is 8.15. The van der Waals surface area contributed by atoms with Crippen LogP contribution in [0.4, 0.5) is 23.0 Å². The van der Waals surface area contributed by atoms with E-state index in [1.165, 1.54) is 12.8 Å². The van der Waals surface area contributed by atoms with Crippen LogP contribution in [-0.2, 0) is 4.79 Å². The first-order valence-corrected chi connectivity index (χ1v) is 15.7. The number of nitrogens with one attached hydrogen (secondary N) is 3. The molecule has 1 unspecified atom stereocenters. The predicted molar refractivity (Wildman–Crippen MR) is 182 cm³/mol. The lowest BCUT2D eigenvalue weighted by Gasteiger charge is -2.30. The van der Waals surface area contributed by atoms with Crippen LogP contribution < -0.4 is 24.6 Å². The van der Waals surface area contributed by atoms with Crippen molar-refractivity contribution in [2.45, 2.75) is 31.6 Å². The zero-order valence-corrected chi connectivity index (χ0v) is 27.3. The van der Waals surface area contributed by atoms with Gasteiger partial charge in [0.15, 0.2) is 5.69 Å². The molecule has 224 valence electrons. The third-order valence-corrected chi connectivity index (χ3v) is 8.30. The van der Waals surface area contributed by atoms with E-state index in [2.05, 4.69) is 35.1 Å². The average molecular weight is 631 g/mol. The Morgan fingerprint density at radius 2 is 1.62 bits per heavy atom. The first kappa shape index (κ1) is 33.3. The standard InChI is InChI=1S/C27H28Cl2N6O2S.C4H10/c1-30-16-25(36)31-23-15-18(11-13-19(23)28)38(5)34-26-27(33-22-9-7-6-8-21(22)32-26)35(2,3)24-14-17(37-4)10-12-20(24)29;1-3-4-2/h6-15,30H,5,16H2,1-4H3,(H-,31,32,34,36);3-4H2,1-2H3/p+1. The van der Waals surface area contributed by atoms with Gasteiger partial charge in [0.05, 0.1) is 49.5 Å². The number of carbonyl (C=O) groups is 1. The number of quaternary nitrogens is 1. The first-order chi connectivity index (χ1) is 20.0. The molecule has 4 rings (SSSR count). The van der Waals surface area contributed by atoms with Crippen LogP contribution in [0.3, 0.4) is 0 Å². The van der Waals surface area contributed by atoms with Gasteiger partial charge in [-0.1, -0.05) is 78.6 Å². The van der Waals surface area contributed by atoms with Gasteiger partial charge in [-0.25, -0.2) is 9.47 Å². The number of nitrogens with zero attached hydrogens (tertiary/aromatic N) is 3. The Balaban J connectivity index is 0.00000114. The smallest absolute Gasteiger partial charge is 0.277 e. The lowest BCUT2D eigenvalue weighted by atomic mass is 10.2. The van der Waals surface area contributed by atoms with E-state index >= 15 is 0 Å². The van der Waals surface area contributed by atoms with E-state index in [1.807, 2.05) is 62.6 Å². The zero-order valence-electron chi connectivity index (χ0n) is 24.9. The van der Waals surface area contributed by atoms with Gasteiger partial charge in [0.1, 0.15) is 10.8 Å². The van der Waals surface area contributed by atoms with Crippen molar-refractivity contribution in [3.63, 3.8) is 0 Å². The number of anilines is 2. The van der Waals surface area contributed by atoms with Gasteiger partial charge >= 0.3 is 0 Å². The molecule has 3 N–H and O–H groups in total. The number of para-hydroxylation sites is 2. The lowest BCUT2D eigenvalue weighted by Crippen LogP contribution is -2.36. The molecule has 0 aliphatic carbocycles. The van der Waals surface area contributed by atoms with Gasteiger partial charge in [-0.05, 0) is 49.5 Å². The van der Waals surface area contributed by atoms with Gasteiger partial charge in [-0.15, -0.1) is 0 Å². The van der Waals surface area contributed by atoms with Crippen molar-refractivity contribution in [2.75, 3.05) is 44.8 Å². The number of unbranched alkanes of at least 4 members (excludes halogenated alkanes) is 1. The molecule has 3 aromatic carbocycles. The minimum Gasteiger partial charge on any atom is -0.497 e. The molecule has 0 saturated carbocycles. The van der Waals surface area contributed by atoms with Crippen LogP contribution >= 0.6 is 33.9 Å². The van der Waals surface area contributed by atoms with E-state index in [0.717, 1.165) is 21.6 Å². The van der Waals surface area contributed by atoms with Gasteiger partial charge in [0.25, 0.3) is 5.82 Å². The summed E-state index contributed by atoms with van der Waals surface area (Å²) in [5, 5.41) is 6.66. The summed E-state index contributed by atoms with van der Waals surface area (Å²) in [6, 6.07) is 18.6. The molecule has 4 aromatic rings. The van der Waals surface area contributed by atoms with Crippen molar-refractivity contribution in [1.29, 1.82) is 0 Å². The Morgan fingerprint density at radius 1 is 0.976 bits per heavy atom. The average Bonchev–Trinajstić information content (AvgIpc) is 2.98. The number of hydrogen-bond acceptors (Lipinski definition) is 6. The second-order valence-electron chi connectivity index (χ2n) is 9.87. The molecule has 0 spiro atoms. The van der Waals surface area contributed by atoms with Crippen molar-refractivity contribution in [3.8, 4) is 5.75 Å². The second kappa shape index (κ2) is 15.3. The Kier molecular flexibility index (Phi) is 12.1. The van der Waals surface area contributed by atoms with Crippen LogP contribution in [0, 0.1) is 0 Å². The number of likely N-dealkylation sites (N-methyl/N-ethyl adjacent to an activating group) is 1. The van der Waals surface area contributed by atoms with Crippen LogP contribution in [0.2, 0.25) is 10.0 Å². The van der Waals surface area contributed by atoms with E-state index in [4.69, 9.17) is 37.9 Å². The van der Waals surface area contributed by atoms with Gasteiger partial charge in [0, 0.05) is 11.0 Å². The third-order valence-electron chi connectivity index (χ3n) is 6.39. The number of carbonyl (C=O) groups excluding carboxylic acids is 1. The summed E-state index contributed by atoms with van der Waals surface area (Å²) < 4.78 is 9.10.